The van der Waals surface area contributed by atoms with Gasteiger partial charge in [0.15, 0.2) is 15.8 Å². The Morgan fingerprint density at radius 2 is 2.33 bits per heavy atom. The van der Waals surface area contributed by atoms with Crippen LogP contribution in [0, 0.1) is 0 Å². The number of aryl methyl sites for hydroxylation is 1. The van der Waals surface area contributed by atoms with Crippen molar-refractivity contribution in [1.29, 1.82) is 0 Å². The first-order valence-corrected chi connectivity index (χ1v) is 9.98. The van der Waals surface area contributed by atoms with Crippen LogP contribution in [-0.4, -0.2) is 59.8 Å². The van der Waals surface area contributed by atoms with E-state index in [1.54, 1.807) is 6.33 Å². The molecule has 2 rings (SSSR count). The first-order valence-electron chi connectivity index (χ1n) is 8.16. The molecule has 1 aliphatic rings. The van der Waals surface area contributed by atoms with Crippen molar-refractivity contribution < 1.29 is 8.42 Å². The van der Waals surface area contributed by atoms with Gasteiger partial charge in [-0.05, 0) is 13.3 Å². The molecule has 1 saturated heterocycles. The summed E-state index contributed by atoms with van der Waals surface area (Å²) in [5.41, 5.74) is 0.947. The smallest absolute Gasteiger partial charge is 0.191 e. The van der Waals surface area contributed by atoms with E-state index in [9.17, 15) is 8.42 Å². The van der Waals surface area contributed by atoms with Crippen LogP contribution in [0.2, 0.25) is 0 Å². The SMILES string of the molecule is C=C(C)CN=C(NCCn1cnnc1CC)NC1CCS(=O)(=O)C1. The second kappa shape index (κ2) is 8.27. The number of sulfone groups is 1. The third-order valence-corrected chi connectivity index (χ3v) is 5.51. The van der Waals surface area contributed by atoms with E-state index in [1.165, 1.54) is 0 Å². The van der Waals surface area contributed by atoms with Crippen LogP contribution in [-0.2, 0) is 22.8 Å². The van der Waals surface area contributed by atoms with Crippen molar-refractivity contribution in [3.05, 3.63) is 24.3 Å². The molecule has 1 aromatic rings. The summed E-state index contributed by atoms with van der Waals surface area (Å²) >= 11 is 0. The Labute approximate surface area is 143 Å². The maximum absolute atomic E-state index is 11.6. The lowest BCUT2D eigenvalue weighted by Gasteiger charge is -2.17. The Morgan fingerprint density at radius 1 is 1.54 bits per heavy atom. The van der Waals surface area contributed by atoms with Gasteiger partial charge >= 0.3 is 0 Å². The molecule has 1 aliphatic heterocycles. The molecule has 0 spiro atoms. The van der Waals surface area contributed by atoms with Crippen LogP contribution in [0.25, 0.3) is 0 Å². The maximum atomic E-state index is 11.6. The van der Waals surface area contributed by atoms with Gasteiger partial charge in [0, 0.05) is 25.6 Å². The van der Waals surface area contributed by atoms with E-state index >= 15 is 0 Å². The highest BCUT2D eigenvalue weighted by Crippen LogP contribution is 2.11. The number of guanidine groups is 1. The molecule has 9 heteroatoms. The number of rotatable bonds is 7. The van der Waals surface area contributed by atoms with E-state index in [2.05, 4.69) is 32.4 Å². The second-order valence-corrected chi connectivity index (χ2v) is 8.32. The molecule has 2 heterocycles. The Morgan fingerprint density at radius 3 is 2.96 bits per heavy atom. The predicted octanol–water partition coefficient (Wildman–Crippen LogP) is 0.139. The second-order valence-electron chi connectivity index (χ2n) is 6.09. The summed E-state index contributed by atoms with van der Waals surface area (Å²) in [5.74, 6) is 1.95. The molecule has 0 bridgehead atoms. The topological polar surface area (TPSA) is 101 Å². The molecule has 0 radical (unpaired) electrons. The maximum Gasteiger partial charge on any atom is 0.191 e. The summed E-state index contributed by atoms with van der Waals surface area (Å²) in [6.07, 6.45) is 3.15. The monoisotopic (exact) mass is 354 g/mol. The fourth-order valence-corrected chi connectivity index (χ4v) is 4.18. The lowest BCUT2D eigenvalue weighted by Crippen LogP contribution is -2.45. The Hall–Kier alpha value is -1.90. The average molecular weight is 354 g/mol. The summed E-state index contributed by atoms with van der Waals surface area (Å²) < 4.78 is 25.2. The fourth-order valence-electron chi connectivity index (χ4n) is 2.50. The van der Waals surface area contributed by atoms with Gasteiger partial charge in [-0.15, -0.1) is 10.2 Å². The molecule has 0 aromatic carbocycles. The van der Waals surface area contributed by atoms with Crippen LogP contribution in [0.5, 0.6) is 0 Å². The number of aliphatic imine (C=N–C) groups is 1. The third kappa shape index (κ3) is 5.63. The molecular formula is C15H26N6O2S. The summed E-state index contributed by atoms with van der Waals surface area (Å²) in [7, 11) is -2.92. The lowest BCUT2D eigenvalue weighted by atomic mass is 10.3. The molecule has 0 aliphatic carbocycles. The van der Waals surface area contributed by atoms with Crippen LogP contribution >= 0.6 is 0 Å². The number of aromatic nitrogens is 3. The van der Waals surface area contributed by atoms with Crippen molar-refractivity contribution in [2.24, 2.45) is 4.99 Å². The van der Waals surface area contributed by atoms with E-state index < -0.39 is 9.84 Å². The standard InChI is InChI=1S/C15H26N6O2S/c1-4-14-20-18-11-21(14)7-6-16-15(17-9-12(2)3)19-13-5-8-24(22,23)10-13/h11,13H,2,4-10H2,1,3H3,(H2,16,17,19). The van der Waals surface area contributed by atoms with Gasteiger partial charge in [-0.3, -0.25) is 0 Å². The van der Waals surface area contributed by atoms with Gasteiger partial charge in [0.2, 0.25) is 0 Å². The molecule has 0 saturated carbocycles. The van der Waals surface area contributed by atoms with Gasteiger partial charge < -0.3 is 15.2 Å². The van der Waals surface area contributed by atoms with Gasteiger partial charge in [0.1, 0.15) is 12.2 Å². The fraction of sp³-hybridized carbons (Fsp3) is 0.667. The quantitative estimate of drug-likeness (QED) is 0.410. The number of nitrogens with zero attached hydrogens (tertiary/aromatic N) is 4. The van der Waals surface area contributed by atoms with Crippen molar-refractivity contribution in [2.75, 3.05) is 24.6 Å². The Kier molecular flexibility index (Phi) is 6.36. The molecule has 2 N–H and O–H groups in total. The van der Waals surface area contributed by atoms with E-state index in [0.717, 1.165) is 17.8 Å². The first kappa shape index (κ1) is 18.4. The zero-order valence-corrected chi connectivity index (χ0v) is 15.1. The molecule has 1 unspecified atom stereocenters. The van der Waals surface area contributed by atoms with Crippen LogP contribution in [0.3, 0.4) is 0 Å². The molecule has 1 atom stereocenters. The molecule has 8 nitrogen and oxygen atoms in total. The molecule has 134 valence electrons. The largest absolute Gasteiger partial charge is 0.355 e. The zero-order chi connectivity index (χ0) is 17.6. The highest BCUT2D eigenvalue weighted by atomic mass is 32.2. The number of hydrogen-bond donors (Lipinski definition) is 2. The van der Waals surface area contributed by atoms with Crippen LogP contribution in [0.4, 0.5) is 0 Å². The Balaban J connectivity index is 1.91. The summed E-state index contributed by atoms with van der Waals surface area (Å²) in [6.45, 7) is 9.65. The molecule has 24 heavy (non-hydrogen) atoms. The Bertz CT molecular complexity index is 695. The highest BCUT2D eigenvalue weighted by Gasteiger charge is 2.28. The average Bonchev–Trinajstić information content (AvgIpc) is 3.10. The molecule has 0 amide bonds. The van der Waals surface area contributed by atoms with Crippen molar-refractivity contribution in [3.63, 3.8) is 0 Å². The highest BCUT2D eigenvalue weighted by molar-refractivity contribution is 7.91. The summed E-state index contributed by atoms with van der Waals surface area (Å²) in [5, 5.41) is 14.4. The zero-order valence-electron chi connectivity index (χ0n) is 14.3. The summed E-state index contributed by atoms with van der Waals surface area (Å²) in [6, 6.07) is -0.0903. The minimum Gasteiger partial charge on any atom is -0.355 e. The van der Waals surface area contributed by atoms with Gasteiger partial charge in [-0.25, -0.2) is 13.4 Å². The first-order chi connectivity index (χ1) is 11.4. The van der Waals surface area contributed by atoms with Gasteiger partial charge in [0.25, 0.3) is 0 Å². The van der Waals surface area contributed by atoms with E-state index in [4.69, 9.17) is 0 Å². The van der Waals surface area contributed by atoms with Gasteiger partial charge in [-0.2, -0.15) is 0 Å². The minimum atomic E-state index is -2.92. The van der Waals surface area contributed by atoms with Gasteiger partial charge in [0.05, 0.1) is 18.1 Å². The van der Waals surface area contributed by atoms with Gasteiger partial charge in [-0.1, -0.05) is 19.1 Å². The summed E-state index contributed by atoms with van der Waals surface area (Å²) in [4.78, 5) is 4.46. The minimum absolute atomic E-state index is 0.0903. The molecule has 1 aromatic heterocycles. The molecule has 1 fully saturated rings. The van der Waals surface area contributed by atoms with E-state index in [-0.39, 0.29) is 17.5 Å². The number of nitrogens with one attached hydrogen (secondary N) is 2. The lowest BCUT2D eigenvalue weighted by molar-refractivity contribution is 0.597. The normalized spacial score (nSPS) is 20.1. The van der Waals surface area contributed by atoms with E-state index in [0.29, 0.717) is 32.0 Å². The van der Waals surface area contributed by atoms with Crippen molar-refractivity contribution in [3.8, 4) is 0 Å². The third-order valence-electron chi connectivity index (χ3n) is 3.74. The molecular weight excluding hydrogens is 328 g/mol. The van der Waals surface area contributed by atoms with Crippen molar-refractivity contribution >= 4 is 15.8 Å². The van der Waals surface area contributed by atoms with Crippen molar-refractivity contribution in [1.82, 2.24) is 25.4 Å². The van der Waals surface area contributed by atoms with E-state index in [1.807, 2.05) is 18.4 Å². The van der Waals surface area contributed by atoms with Crippen LogP contribution < -0.4 is 10.6 Å². The predicted molar refractivity (Wildman–Crippen MR) is 94.7 cm³/mol. The van der Waals surface area contributed by atoms with Crippen LogP contribution in [0.1, 0.15) is 26.1 Å². The van der Waals surface area contributed by atoms with Crippen LogP contribution in [0.15, 0.2) is 23.5 Å². The van der Waals surface area contributed by atoms with Crippen molar-refractivity contribution in [2.45, 2.75) is 39.3 Å². The number of hydrogen-bond acceptors (Lipinski definition) is 5.